The molecule has 0 saturated carbocycles. The molecule has 1 rings (SSSR count). The van der Waals surface area contributed by atoms with Crippen molar-refractivity contribution in [1.82, 2.24) is 9.97 Å². The zero-order chi connectivity index (χ0) is 11.4. The first-order valence-corrected chi connectivity index (χ1v) is 4.93. The second kappa shape index (κ2) is 5.04. The molecule has 5 nitrogen and oxygen atoms in total. The van der Waals surface area contributed by atoms with Gasteiger partial charge in [0.15, 0.2) is 0 Å². The lowest BCUT2D eigenvalue weighted by molar-refractivity contribution is 0.183. The Morgan fingerprint density at radius 1 is 1.53 bits per heavy atom. The Morgan fingerprint density at radius 2 is 2.20 bits per heavy atom. The van der Waals surface area contributed by atoms with Gasteiger partial charge in [0, 0.05) is 18.3 Å². The molecule has 0 fully saturated rings. The second-order valence-electron chi connectivity index (χ2n) is 3.61. The first-order chi connectivity index (χ1) is 7.04. The summed E-state index contributed by atoms with van der Waals surface area (Å²) in [5.74, 6) is 0. The fraction of sp³-hybridized carbons (Fsp3) is 0.600. The molecule has 0 saturated heterocycles. The molecule has 0 bridgehead atoms. The van der Waals surface area contributed by atoms with Gasteiger partial charge in [-0.15, -0.1) is 0 Å². The van der Waals surface area contributed by atoms with Gasteiger partial charge in [0.05, 0.1) is 17.9 Å². The fourth-order valence-electron chi connectivity index (χ4n) is 1.18. The van der Waals surface area contributed by atoms with Crippen LogP contribution in [0.2, 0.25) is 0 Å². The lowest BCUT2D eigenvalue weighted by atomic mass is 10.1. The number of aryl methyl sites for hydroxylation is 1. The largest absolute Gasteiger partial charge is 0.461 e. The SMILES string of the molecule is Cc1nc(OC(C)C)ncc1C(O)CN. The quantitative estimate of drug-likeness (QED) is 0.760. The topological polar surface area (TPSA) is 81.3 Å². The van der Waals surface area contributed by atoms with Crippen LogP contribution in [0.4, 0.5) is 0 Å². The highest BCUT2D eigenvalue weighted by atomic mass is 16.5. The summed E-state index contributed by atoms with van der Waals surface area (Å²) in [6, 6.07) is 0.329. The van der Waals surface area contributed by atoms with Crippen LogP contribution in [0.3, 0.4) is 0 Å². The van der Waals surface area contributed by atoms with Gasteiger partial charge in [0.2, 0.25) is 0 Å². The van der Waals surface area contributed by atoms with E-state index in [-0.39, 0.29) is 12.6 Å². The summed E-state index contributed by atoms with van der Waals surface area (Å²) in [6.45, 7) is 5.76. The number of hydrogen-bond donors (Lipinski definition) is 2. The van der Waals surface area contributed by atoms with Gasteiger partial charge in [0.1, 0.15) is 0 Å². The fourth-order valence-corrected chi connectivity index (χ4v) is 1.18. The van der Waals surface area contributed by atoms with Crippen LogP contribution in [0.25, 0.3) is 0 Å². The monoisotopic (exact) mass is 211 g/mol. The standard InChI is InChI=1S/C10H17N3O2/c1-6(2)15-10-12-5-8(7(3)13-10)9(14)4-11/h5-6,9,14H,4,11H2,1-3H3. The minimum atomic E-state index is -0.710. The Bertz CT molecular complexity index is 328. The Kier molecular flexibility index (Phi) is 3.99. The van der Waals surface area contributed by atoms with Gasteiger partial charge in [-0.1, -0.05) is 0 Å². The molecule has 0 aromatic carbocycles. The molecule has 1 atom stereocenters. The third-order valence-electron chi connectivity index (χ3n) is 1.92. The summed E-state index contributed by atoms with van der Waals surface area (Å²) >= 11 is 0. The van der Waals surface area contributed by atoms with Gasteiger partial charge in [0.25, 0.3) is 0 Å². The van der Waals surface area contributed by atoms with E-state index in [9.17, 15) is 5.11 Å². The van der Waals surface area contributed by atoms with Crippen molar-refractivity contribution in [3.63, 3.8) is 0 Å². The van der Waals surface area contributed by atoms with Crippen molar-refractivity contribution in [1.29, 1.82) is 0 Å². The molecule has 0 amide bonds. The van der Waals surface area contributed by atoms with Crippen LogP contribution in [0, 0.1) is 6.92 Å². The highest BCUT2D eigenvalue weighted by molar-refractivity contribution is 5.20. The van der Waals surface area contributed by atoms with Crippen LogP contribution < -0.4 is 10.5 Å². The van der Waals surface area contributed by atoms with Crippen molar-refractivity contribution in [3.05, 3.63) is 17.5 Å². The van der Waals surface area contributed by atoms with Crippen LogP contribution in [-0.2, 0) is 0 Å². The molecule has 1 unspecified atom stereocenters. The van der Waals surface area contributed by atoms with Gasteiger partial charge in [-0.05, 0) is 20.8 Å². The zero-order valence-corrected chi connectivity index (χ0v) is 9.27. The van der Waals surface area contributed by atoms with Gasteiger partial charge < -0.3 is 15.6 Å². The molecule has 0 spiro atoms. The van der Waals surface area contributed by atoms with Crippen LogP contribution in [0.5, 0.6) is 6.01 Å². The molecule has 84 valence electrons. The van der Waals surface area contributed by atoms with Gasteiger partial charge in [-0.2, -0.15) is 0 Å². The number of nitrogens with two attached hydrogens (primary N) is 1. The Hall–Kier alpha value is -1.20. The number of hydrogen-bond acceptors (Lipinski definition) is 5. The summed E-state index contributed by atoms with van der Waals surface area (Å²) in [7, 11) is 0. The summed E-state index contributed by atoms with van der Waals surface area (Å²) < 4.78 is 5.33. The Morgan fingerprint density at radius 3 is 2.67 bits per heavy atom. The molecular formula is C10H17N3O2. The molecule has 5 heteroatoms. The van der Waals surface area contributed by atoms with Crippen molar-refractivity contribution in [2.75, 3.05) is 6.54 Å². The van der Waals surface area contributed by atoms with Crippen molar-refractivity contribution >= 4 is 0 Å². The predicted octanol–water partition coefficient (Wildman–Crippen LogP) is 0.564. The van der Waals surface area contributed by atoms with E-state index in [2.05, 4.69) is 9.97 Å². The Balaban J connectivity index is 2.88. The molecule has 1 aromatic rings. The maximum absolute atomic E-state index is 9.54. The van der Waals surface area contributed by atoms with Crippen molar-refractivity contribution in [3.8, 4) is 6.01 Å². The van der Waals surface area contributed by atoms with Crippen molar-refractivity contribution in [2.24, 2.45) is 5.73 Å². The number of ether oxygens (including phenoxy) is 1. The van der Waals surface area contributed by atoms with E-state index in [0.717, 1.165) is 0 Å². The maximum Gasteiger partial charge on any atom is 0.316 e. The molecule has 15 heavy (non-hydrogen) atoms. The molecule has 0 radical (unpaired) electrons. The van der Waals surface area contributed by atoms with E-state index < -0.39 is 6.10 Å². The lowest BCUT2D eigenvalue weighted by Crippen LogP contribution is -2.15. The van der Waals surface area contributed by atoms with Crippen LogP contribution in [-0.4, -0.2) is 27.7 Å². The summed E-state index contributed by atoms with van der Waals surface area (Å²) in [5, 5.41) is 9.54. The highest BCUT2D eigenvalue weighted by Gasteiger charge is 2.11. The molecule has 1 aromatic heterocycles. The second-order valence-corrected chi connectivity index (χ2v) is 3.61. The number of nitrogens with zero attached hydrogens (tertiary/aromatic N) is 2. The Labute approximate surface area is 89.3 Å². The number of aromatic nitrogens is 2. The van der Waals surface area contributed by atoms with Crippen molar-refractivity contribution < 1.29 is 9.84 Å². The summed E-state index contributed by atoms with van der Waals surface area (Å²) in [5.41, 5.74) is 6.69. The number of aliphatic hydroxyl groups excluding tert-OH is 1. The average molecular weight is 211 g/mol. The first-order valence-electron chi connectivity index (χ1n) is 4.93. The maximum atomic E-state index is 9.54. The van der Waals surface area contributed by atoms with Crippen molar-refractivity contribution in [2.45, 2.75) is 33.0 Å². The smallest absolute Gasteiger partial charge is 0.316 e. The molecule has 0 aliphatic rings. The lowest BCUT2D eigenvalue weighted by Gasteiger charge is -2.12. The summed E-state index contributed by atoms with van der Waals surface area (Å²) in [4.78, 5) is 8.13. The normalized spacial score (nSPS) is 12.9. The van der Waals surface area contributed by atoms with E-state index in [1.54, 1.807) is 13.1 Å². The molecular weight excluding hydrogens is 194 g/mol. The van der Waals surface area contributed by atoms with Gasteiger partial charge >= 0.3 is 6.01 Å². The third-order valence-corrected chi connectivity index (χ3v) is 1.92. The predicted molar refractivity (Wildman–Crippen MR) is 56.5 cm³/mol. The minimum Gasteiger partial charge on any atom is -0.461 e. The van der Waals surface area contributed by atoms with Gasteiger partial charge in [-0.3, -0.25) is 0 Å². The first kappa shape index (κ1) is 11.9. The number of rotatable bonds is 4. The average Bonchev–Trinajstić information content (AvgIpc) is 2.16. The van der Waals surface area contributed by atoms with E-state index >= 15 is 0 Å². The highest BCUT2D eigenvalue weighted by Crippen LogP contribution is 2.16. The van der Waals surface area contributed by atoms with Crippen LogP contribution in [0.1, 0.15) is 31.2 Å². The summed E-state index contributed by atoms with van der Waals surface area (Å²) in [6.07, 6.45) is 0.880. The number of aliphatic hydroxyl groups is 1. The zero-order valence-electron chi connectivity index (χ0n) is 9.27. The van der Waals surface area contributed by atoms with E-state index in [0.29, 0.717) is 17.3 Å². The minimum absolute atomic E-state index is 0.0367. The molecule has 1 heterocycles. The van der Waals surface area contributed by atoms with E-state index in [1.165, 1.54) is 0 Å². The van der Waals surface area contributed by atoms with E-state index in [4.69, 9.17) is 10.5 Å². The van der Waals surface area contributed by atoms with Gasteiger partial charge in [-0.25, -0.2) is 9.97 Å². The molecule has 0 aliphatic heterocycles. The van der Waals surface area contributed by atoms with Crippen LogP contribution in [0.15, 0.2) is 6.20 Å². The van der Waals surface area contributed by atoms with Crippen LogP contribution >= 0.6 is 0 Å². The van der Waals surface area contributed by atoms with E-state index in [1.807, 2.05) is 13.8 Å². The third kappa shape index (κ3) is 3.14. The molecule has 3 N–H and O–H groups in total. The molecule has 0 aliphatic carbocycles.